The van der Waals surface area contributed by atoms with Gasteiger partial charge in [0.25, 0.3) is 0 Å². The fourth-order valence-electron chi connectivity index (χ4n) is 3.03. The lowest BCUT2D eigenvalue weighted by atomic mass is 9.97. The second-order valence-corrected chi connectivity index (χ2v) is 6.17. The molecule has 1 fully saturated rings. The molecular weight excluding hydrogens is 232 g/mol. The summed E-state index contributed by atoms with van der Waals surface area (Å²) in [6.07, 6.45) is 7.07. The summed E-state index contributed by atoms with van der Waals surface area (Å²) < 4.78 is 0. The standard InChI is InChI=1S/C17H32N2/c1-7-15-11-9-10-13(5)14(6)19(15)16(8-2)17(18)12(3)4/h7,12-14H,8-11,18H2,1-6H3/b15-7-,17-16-. The molecule has 0 aromatic carbocycles. The van der Waals surface area contributed by atoms with Crippen LogP contribution in [0.5, 0.6) is 0 Å². The SMILES string of the molecule is C/C=C1/CCCC(C)C(C)N1/C(CC)=C(\N)C(C)C. The van der Waals surface area contributed by atoms with E-state index >= 15 is 0 Å². The van der Waals surface area contributed by atoms with E-state index < -0.39 is 0 Å². The maximum absolute atomic E-state index is 6.39. The maximum Gasteiger partial charge on any atom is 0.0367 e. The third-order valence-electron chi connectivity index (χ3n) is 4.55. The van der Waals surface area contributed by atoms with Crippen molar-refractivity contribution in [2.24, 2.45) is 17.6 Å². The molecule has 0 radical (unpaired) electrons. The van der Waals surface area contributed by atoms with Crippen molar-refractivity contribution in [1.29, 1.82) is 0 Å². The molecule has 0 aromatic rings. The minimum atomic E-state index is 0.416. The van der Waals surface area contributed by atoms with Crippen molar-refractivity contribution in [3.05, 3.63) is 23.2 Å². The molecule has 110 valence electrons. The molecule has 1 aliphatic heterocycles. The Bertz CT molecular complexity index is 352. The van der Waals surface area contributed by atoms with E-state index in [1.54, 1.807) is 0 Å². The van der Waals surface area contributed by atoms with Crippen LogP contribution in [0.2, 0.25) is 0 Å². The number of hydrogen-bond donors (Lipinski definition) is 1. The van der Waals surface area contributed by atoms with Gasteiger partial charge in [0.05, 0.1) is 0 Å². The molecule has 0 aliphatic carbocycles. The molecule has 19 heavy (non-hydrogen) atoms. The van der Waals surface area contributed by atoms with Crippen LogP contribution in [0.3, 0.4) is 0 Å². The summed E-state index contributed by atoms with van der Waals surface area (Å²) in [6.45, 7) is 13.5. The molecule has 1 rings (SSSR count). The molecule has 1 aliphatic rings. The Hall–Kier alpha value is -0.920. The third kappa shape index (κ3) is 3.55. The van der Waals surface area contributed by atoms with Gasteiger partial charge in [0.2, 0.25) is 0 Å². The van der Waals surface area contributed by atoms with Crippen LogP contribution in [0.1, 0.15) is 67.2 Å². The topological polar surface area (TPSA) is 29.3 Å². The average molecular weight is 264 g/mol. The summed E-state index contributed by atoms with van der Waals surface area (Å²) in [5.74, 6) is 1.14. The predicted molar refractivity (Wildman–Crippen MR) is 84.4 cm³/mol. The lowest BCUT2D eigenvalue weighted by Crippen LogP contribution is -2.36. The minimum absolute atomic E-state index is 0.416. The normalized spacial score (nSPS) is 28.6. The zero-order chi connectivity index (χ0) is 14.6. The molecule has 2 unspecified atom stereocenters. The highest BCUT2D eigenvalue weighted by atomic mass is 15.2. The van der Waals surface area contributed by atoms with Gasteiger partial charge in [0.15, 0.2) is 0 Å². The van der Waals surface area contributed by atoms with Crippen LogP contribution < -0.4 is 5.73 Å². The Labute approximate surface area is 119 Å². The minimum Gasteiger partial charge on any atom is -0.400 e. The summed E-state index contributed by atoms with van der Waals surface area (Å²) in [6, 6.07) is 0.543. The number of hydrogen-bond acceptors (Lipinski definition) is 2. The van der Waals surface area contributed by atoms with E-state index in [4.69, 9.17) is 5.73 Å². The first kappa shape index (κ1) is 16.1. The third-order valence-corrected chi connectivity index (χ3v) is 4.55. The number of rotatable bonds is 3. The van der Waals surface area contributed by atoms with E-state index in [-0.39, 0.29) is 0 Å². The van der Waals surface area contributed by atoms with Gasteiger partial charge >= 0.3 is 0 Å². The first-order valence-electron chi connectivity index (χ1n) is 7.86. The second kappa shape index (κ2) is 7.02. The van der Waals surface area contributed by atoms with Crippen LogP contribution in [-0.4, -0.2) is 10.9 Å². The van der Waals surface area contributed by atoms with Gasteiger partial charge in [0, 0.05) is 23.1 Å². The van der Waals surface area contributed by atoms with Crippen LogP contribution in [0.15, 0.2) is 23.2 Å². The van der Waals surface area contributed by atoms with Gasteiger partial charge in [-0.15, -0.1) is 0 Å². The van der Waals surface area contributed by atoms with Crippen molar-refractivity contribution in [1.82, 2.24) is 4.90 Å². The van der Waals surface area contributed by atoms with Gasteiger partial charge < -0.3 is 10.6 Å². The Kier molecular flexibility index (Phi) is 5.96. The van der Waals surface area contributed by atoms with E-state index in [0.29, 0.717) is 12.0 Å². The van der Waals surface area contributed by atoms with Gasteiger partial charge in [-0.2, -0.15) is 0 Å². The number of nitrogens with two attached hydrogens (primary N) is 1. The molecule has 0 spiro atoms. The Morgan fingerprint density at radius 1 is 1.42 bits per heavy atom. The Balaban J connectivity index is 3.25. The van der Waals surface area contributed by atoms with Crippen LogP contribution in [-0.2, 0) is 0 Å². The van der Waals surface area contributed by atoms with Gasteiger partial charge in [-0.1, -0.05) is 33.8 Å². The number of allylic oxidation sites excluding steroid dienone is 4. The highest BCUT2D eigenvalue weighted by Crippen LogP contribution is 2.34. The van der Waals surface area contributed by atoms with E-state index in [2.05, 4.69) is 52.5 Å². The molecular formula is C17H32N2. The van der Waals surface area contributed by atoms with Crippen LogP contribution in [0, 0.1) is 11.8 Å². The van der Waals surface area contributed by atoms with Crippen LogP contribution in [0.25, 0.3) is 0 Å². The van der Waals surface area contributed by atoms with Gasteiger partial charge in [-0.3, -0.25) is 0 Å². The molecule has 1 saturated heterocycles. The smallest absolute Gasteiger partial charge is 0.0367 e. The fourth-order valence-corrected chi connectivity index (χ4v) is 3.03. The van der Waals surface area contributed by atoms with E-state index in [1.807, 2.05) is 0 Å². The van der Waals surface area contributed by atoms with Crippen molar-refractivity contribution in [3.8, 4) is 0 Å². The highest BCUT2D eigenvalue weighted by molar-refractivity contribution is 5.21. The predicted octanol–water partition coefficient (Wildman–Crippen LogP) is 4.64. The summed E-state index contributed by atoms with van der Waals surface area (Å²) in [5, 5.41) is 0. The van der Waals surface area contributed by atoms with E-state index in [9.17, 15) is 0 Å². The first-order valence-corrected chi connectivity index (χ1v) is 7.86. The van der Waals surface area contributed by atoms with Crippen LogP contribution in [0.4, 0.5) is 0 Å². The van der Waals surface area contributed by atoms with Gasteiger partial charge in [0.1, 0.15) is 0 Å². The molecule has 2 nitrogen and oxygen atoms in total. The fraction of sp³-hybridized carbons (Fsp3) is 0.765. The molecule has 2 atom stereocenters. The first-order chi connectivity index (χ1) is 8.93. The number of likely N-dealkylation sites (tertiary alicyclic amines) is 1. The summed E-state index contributed by atoms with van der Waals surface area (Å²) in [4.78, 5) is 2.53. The lowest BCUT2D eigenvalue weighted by Gasteiger charge is -2.37. The monoisotopic (exact) mass is 264 g/mol. The summed E-state index contributed by atoms with van der Waals surface area (Å²) in [7, 11) is 0. The Morgan fingerprint density at radius 3 is 2.53 bits per heavy atom. The molecule has 2 heteroatoms. The van der Waals surface area contributed by atoms with Crippen molar-refractivity contribution < 1.29 is 0 Å². The molecule has 0 saturated carbocycles. The average Bonchev–Trinajstić information content (AvgIpc) is 2.52. The molecule has 2 N–H and O–H groups in total. The molecule has 0 amide bonds. The highest BCUT2D eigenvalue weighted by Gasteiger charge is 2.28. The van der Waals surface area contributed by atoms with Gasteiger partial charge in [-0.05, 0) is 51.4 Å². The van der Waals surface area contributed by atoms with E-state index in [1.165, 1.54) is 30.7 Å². The zero-order valence-corrected chi connectivity index (χ0v) is 13.7. The largest absolute Gasteiger partial charge is 0.400 e. The zero-order valence-electron chi connectivity index (χ0n) is 13.7. The molecule has 1 heterocycles. The quantitative estimate of drug-likeness (QED) is 0.805. The second-order valence-electron chi connectivity index (χ2n) is 6.17. The van der Waals surface area contributed by atoms with Crippen molar-refractivity contribution in [2.45, 2.75) is 73.3 Å². The van der Waals surface area contributed by atoms with Gasteiger partial charge in [-0.25, -0.2) is 0 Å². The summed E-state index contributed by atoms with van der Waals surface area (Å²) >= 11 is 0. The molecule has 0 aromatic heterocycles. The van der Waals surface area contributed by atoms with Crippen molar-refractivity contribution >= 4 is 0 Å². The van der Waals surface area contributed by atoms with Crippen LogP contribution >= 0.6 is 0 Å². The van der Waals surface area contributed by atoms with Crippen molar-refractivity contribution in [2.75, 3.05) is 0 Å². The number of nitrogens with zero attached hydrogens (tertiary/aromatic N) is 1. The Morgan fingerprint density at radius 2 is 2.05 bits per heavy atom. The summed E-state index contributed by atoms with van der Waals surface area (Å²) in [5.41, 5.74) is 10.2. The lowest BCUT2D eigenvalue weighted by molar-refractivity contribution is 0.252. The van der Waals surface area contributed by atoms with E-state index in [0.717, 1.165) is 18.0 Å². The molecule has 0 bridgehead atoms. The van der Waals surface area contributed by atoms with Crippen molar-refractivity contribution in [3.63, 3.8) is 0 Å². The maximum atomic E-state index is 6.39.